The average Bonchev–Trinajstić information content (AvgIpc) is 3.23. The molecule has 24 heavy (non-hydrogen) atoms. The molecule has 2 aromatic rings. The molecule has 2 N–H and O–H groups in total. The Morgan fingerprint density at radius 2 is 2.21 bits per heavy atom. The normalized spacial score (nSPS) is 25.2. The minimum absolute atomic E-state index is 0.117. The van der Waals surface area contributed by atoms with E-state index in [1.807, 2.05) is 16.9 Å². The van der Waals surface area contributed by atoms with Crippen molar-refractivity contribution in [2.75, 3.05) is 6.54 Å². The van der Waals surface area contributed by atoms with Crippen molar-refractivity contribution in [3.63, 3.8) is 0 Å². The van der Waals surface area contributed by atoms with Crippen LogP contribution in [-0.4, -0.2) is 47.9 Å². The number of nitrogens with zero attached hydrogens (tertiary/aromatic N) is 5. The molecule has 8 heteroatoms. The largest absolute Gasteiger partial charge is 0.393 e. The lowest BCUT2D eigenvalue weighted by atomic mass is 10.0. The van der Waals surface area contributed by atoms with Crippen molar-refractivity contribution in [1.29, 1.82) is 0 Å². The fourth-order valence-corrected chi connectivity index (χ4v) is 3.57. The van der Waals surface area contributed by atoms with Gasteiger partial charge >= 0.3 is 5.69 Å². The SMILES string of the molecule is CC(Cn1cccn1)NC[C@H]1C[C@H](c2nn(C)c(=O)n2C)C[C@H]1O. The van der Waals surface area contributed by atoms with Gasteiger partial charge in [0.25, 0.3) is 0 Å². The molecule has 1 aliphatic carbocycles. The van der Waals surface area contributed by atoms with Crippen LogP contribution in [0.4, 0.5) is 0 Å². The molecule has 0 saturated heterocycles. The summed E-state index contributed by atoms with van der Waals surface area (Å²) in [5.41, 5.74) is -0.117. The van der Waals surface area contributed by atoms with Gasteiger partial charge < -0.3 is 10.4 Å². The van der Waals surface area contributed by atoms with Gasteiger partial charge in [0.1, 0.15) is 5.82 Å². The number of nitrogens with one attached hydrogen (secondary N) is 1. The number of aliphatic hydroxyl groups excluding tert-OH is 1. The highest BCUT2D eigenvalue weighted by atomic mass is 16.3. The molecule has 0 bridgehead atoms. The Hall–Kier alpha value is -1.93. The van der Waals surface area contributed by atoms with E-state index in [9.17, 15) is 9.90 Å². The summed E-state index contributed by atoms with van der Waals surface area (Å²) in [6.07, 6.45) is 4.85. The number of aromatic nitrogens is 5. The van der Waals surface area contributed by atoms with E-state index in [1.54, 1.807) is 24.9 Å². The van der Waals surface area contributed by atoms with E-state index >= 15 is 0 Å². The Bertz CT molecular complexity index is 720. The van der Waals surface area contributed by atoms with Crippen LogP contribution in [0.15, 0.2) is 23.3 Å². The van der Waals surface area contributed by atoms with Crippen molar-refractivity contribution >= 4 is 0 Å². The zero-order chi connectivity index (χ0) is 17.3. The average molecular weight is 334 g/mol. The number of rotatable bonds is 6. The summed E-state index contributed by atoms with van der Waals surface area (Å²) >= 11 is 0. The van der Waals surface area contributed by atoms with Gasteiger partial charge in [-0.25, -0.2) is 9.48 Å². The molecule has 1 fully saturated rings. The molecule has 8 nitrogen and oxygen atoms in total. The van der Waals surface area contributed by atoms with Gasteiger partial charge in [-0.3, -0.25) is 9.25 Å². The van der Waals surface area contributed by atoms with Gasteiger partial charge in [0.15, 0.2) is 0 Å². The van der Waals surface area contributed by atoms with Crippen molar-refractivity contribution < 1.29 is 5.11 Å². The van der Waals surface area contributed by atoms with Crippen LogP contribution < -0.4 is 11.0 Å². The minimum Gasteiger partial charge on any atom is -0.393 e. The highest BCUT2D eigenvalue weighted by molar-refractivity contribution is 5.03. The Labute approximate surface area is 141 Å². The summed E-state index contributed by atoms with van der Waals surface area (Å²) in [6.45, 7) is 3.66. The lowest BCUT2D eigenvalue weighted by molar-refractivity contribution is 0.129. The molecule has 132 valence electrons. The third-order valence-corrected chi connectivity index (χ3v) is 4.93. The molecule has 2 heterocycles. The maximum Gasteiger partial charge on any atom is 0.345 e. The molecule has 0 aliphatic heterocycles. The van der Waals surface area contributed by atoms with E-state index in [0.29, 0.717) is 6.42 Å². The molecular formula is C16H26N6O2. The standard InChI is InChI=1S/C16H26N6O2/c1-11(10-22-6-4-5-18-22)17-9-13-7-12(8-14(13)23)15-19-21(3)16(24)20(15)2/h4-6,11-14,17,23H,7-10H2,1-3H3/t11?,12-,13+,14+/m0/s1. The highest BCUT2D eigenvalue weighted by Gasteiger charge is 2.36. The van der Waals surface area contributed by atoms with Crippen LogP contribution in [0, 0.1) is 5.92 Å². The lowest BCUT2D eigenvalue weighted by Crippen LogP contribution is -2.36. The topological polar surface area (TPSA) is 89.9 Å². The van der Waals surface area contributed by atoms with Crippen LogP contribution >= 0.6 is 0 Å². The first-order valence-electron chi connectivity index (χ1n) is 8.44. The molecule has 0 spiro atoms. The Morgan fingerprint density at radius 3 is 2.83 bits per heavy atom. The van der Waals surface area contributed by atoms with Crippen molar-refractivity contribution in [2.24, 2.45) is 20.0 Å². The molecule has 2 aromatic heterocycles. The van der Waals surface area contributed by atoms with Crippen molar-refractivity contribution in [3.05, 3.63) is 34.8 Å². The van der Waals surface area contributed by atoms with E-state index < -0.39 is 0 Å². The summed E-state index contributed by atoms with van der Waals surface area (Å²) in [4.78, 5) is 11.9. The third-order valence-electron chi connectivity index (χ3n) is 4.93. The molecule has 1 saturated carbocycles. The van der Waals surface area contributed by atoms with E-state index in [1.165, 1.54) is 4.68 Å². The number of aryl methyl sites for hydroxylation is 1. The minimum atomic E-state index is -0.364. The zero-order valence-corrected chi connectivity index (χ0v) is 14.5. The van der Waals surface area contributed by atoms with E-state index in [0.717, 1.165) is 25.3 Å². The van der Waals surface area contributed by atoms with Gasteiger partial charge in [0, 0.05) is 45.0 Å². The number of hydrogen-bond donors (Lipinski definition) is 2. The fourth-order valence-electron chi connectivity index (χ4n) is 3.57. The first kappa shape index (κ1) is 16.9. The van der Waals surface area contributed by atoms with Crippen molar-refractivity contribution in [3.8, 4) is 0 Å². The summed E-state index contributed by atoms with van der Waals surface area (Å²) in [6, 6.07) is 2.19. The van der Waals surface area contributed by atoms with Crippen molar-refractivity contribution in [1.82, 2.24) is 29.4 Å². The van der Waals surface area contributed by atoms with Gasteiger partial charge in [-0.1, -0.05) is 0 Å². The first-order chi connectivity index (χ1) is 11.5. The molecule has 1 aliphatic rings. The van der Waals surface area contributed by atoms with Gasteiger partial charge in [-0.15, -0.1) is 0 Å². The molecule has 4 atom stereocenters. The predicted molar refractivity (Wildman–Crippen MR) is 89.6 cm³/mol. The van der Waals surface area contributed by atoms with Gasteiger partial charge in [-0.2, -0.15) is 10.2 Å². The smallest absolute Gasteiger partial charge is 0.345 e. The third kappa shape index (κ3) is 3.44. The maximum absolute atomic E-state index is 11.9. The second-order valence-corrected chi connectivity index (χ2v) is 6.86. The van der Waals surface area contributed by atoms with E-state index in [2.05, 4.69) is 22.4 Å². The quantitative estimate of drug-likeness (QED) is 0.767. The van der Waals surface area contributed by atoms with Gasteiger partial charge in [0.05, 0.1) is 12.6 Å². The Balaban J connectivity index is 1.56. The van der Waals surface area contributed by atoms with Gasteiger partial charge in [0.2, 0.25) is 0 Å². The van der Waals surface area contributed by atoms with Crippen LogP contribution in [0.1, 0.15) is 31.5 Å². The Kier molecular flexibility index (Phi) is 4.86. The van der Waals surface area contributed by atoms with Crippen molar-refractivity contribution in [2.45, 2.75) is 44.4 Å². The molecule has 0 radical (unpaired) electrons. The molecule has 1 unspecified atom stereocenters. The fraction of sp³-hybridized carbons (Fsp3) is 0.688. The predicted octanol–water partition coefficient (Wildman–Crippen LogP) is -0.152. The number of hydrogen-bond acceptors (Lipinski definition) is 5. The second-order valence-electron chi connectivity index (χ2n) is 6.86. The van der Waals surface area contributed by atoms with Crippen LogP contribution in [-0.2, 0) is 20.6 Å². The molecule has 0 aromatic carbocycles. The molecule has 0 amide bonds. The van der Waals surface area contributed by atoms with Gasteiger partial charge in [-0.05, 0) is 31.7 Å². The highest BCUT2D eigenvalue weighted by Crippen LogP contribution is 2.37. The van der Waals surface area contributed by atoms with Crippen LogP contribution in [0.5, 0.6) is 0 Å². The zero-order valence-electron chi connectivity index (χ0n) is 14.5. The van der Waals surface area contributed by atoms with Crippen LogP contribution in [0.2, 0.25) is 0 Å². The second kappa shape index (κ2) is 6.90. The summed E-state index contributed by atoms with van der Waals surface area (Å²) in [5.74, 6) is 1.08. The Morgan fingerprint density at radius 1 is 1.42 bits per heavy atom. The summed E-state index contributed by atoms with van der Waals surface area (Å²) < 4.78 is 4.85. The monoisotopic (exact) mass is 334 g/mol. The maximum atomic E-state index is 11.9. The van der Waals surface area contributed by atoms with E-state index in [4.69, 9.17) is 0 Å². The molecule has 3 rings (SSSR count). The first-order valence-corrected chi connectivity index (χ1v) is 8.44. The molecular weight excluding hydrogens is 308 g/mol. The summed E-state index contributed by atoms with van der Waals surface area (Å²) in [7, 11) is 3.40. The number of aliphatic hydroxyl groups is 1. The van der Waals surface area contributed by atoms with E-state index in [-0.39, 0.29) is 29.7 Å². The van der Waals surface area contributed by atoms with Crippen LogP contribution in [0.25, 0.3) is 0 Å². The lowest BCUT2D eigenvalue weighted by Gasteiger charge is -2.19. The summed E-state index contributed by atoms with van der Waals surface area (Å²) in [5, 5.41) is 22.4. The van der Waals surface area contributed by atoms with Crippen LogP contribution in [0.3, 0.4) is 0 Å².